The van der Waals surface area contributed by atoms with Crippen molar-refractivity contribution >= 4 is 17.1 Å². The predicted octanol–water partition coefficient (Wildman–Crippen LogP) is -0.0760. The zero-order chi connectivity index (χ0) is 20.0. The van der Waals surface area contributed by atoms with Gasteiger partial charge < -0.3 is 16.4 Å². The Hall–Kier alpha value is -2.81. The third-order valence-electron chi connectivity index (χ3n) is 5.69. The van der Waals surface area contributed by atoms with Crippen molar-refractivity contribution in [2.75, 3.05) is 18.0 Å². The highest BCUT2D eigenvalue weighted by molar-refractivity contribution is 5.75. The number of imidazole rings is 1. The average Bonchev–Trinajstić information content (AvgIpc) is 3.06. The van der Waals surface area contributed by atoms with Gasteiger partial charge in [-0.3, -0.25) is 18.5 Å². The van der Waals surface area contributed by atoms with Gasteiger partial charge in [-0.15, -0.1) is 0 Å². The fourth-order valence-corrected chi connectivity index (χ4v) is 4.09. The fraction of sp³-hybridized carbons (Fsp3) is 0.526. The van der Waals surface area contributed by atoms with Crippen molar-refractivity contribution in [1.82, 2.24) is 18.7 Å². The van der Waals surface area contributed by atoms with E-state index in [2.05, 4.69) is 11.0 Å². The highest BCUT2D eigenvalue weighted by Gasteiger charge is 2.26. The van der Waals surface area contributed by atoms with Crippen molar-refractivity contribution in [2.45, 2.75) is 38.3 Å². The predicted molar refractivity (Wildman–Crippen MR) is 109 cm³/mol. The minimum Gasteiger partial charge on any atom is -0.399 e. The van der Waals surface area contributed by atoms with Crippen molar-refractivity contribution in [3.63, 3.8) is 0 Å². The van der Waals surface area contributed by atoms with E-state index in [0.717, 1.165) is 48.1 Å². The molecular weight excluding hydrogens is 358 g/mol. The molecule has 1 atom stereocenters. The Balaban J connectivity index is 1.94. The monoisotopic (exact) mass is 385 g/mol. The Labute approximate surface area is 162 Å². The van der Waals surface area contributed by atoms with Crippen molar-refractivity contribution in [3.8, 4) is 0 Å². The molecule has 1 saturated heterocycles. The number of aryl methyl sites for hydroxylation is 1. The van der Waals surface area contributed by atoms with Gasteiger partial charge in [-0.2, -0.15) is 4.98 Å². The number of nitrogens with zero attached hydrogens (tertiary/aromatic N) is 5. The minimum absolute atomic E-state index is 0.0625. The van der Waals surface area contributed by atoms with Crippen molar-refractivity contribution in [2.24, 2.45) is 25.6 Å². The van der Waals surface area contributed by atoms with E-state index in [9.17, 15) is 9.59 Å². The number of allylic oxidation sites excluding steroid dienone is 3. The van der Waals surface area contributed by atoms with E-state index in [1.807, 2.05) is 10.6 Å². The first-order chi connectivity index (χ1) is 13.4. The molecule has 4 rings (SSSR count). The molecule has 0 saturated carbocycles. The Morgan fingerprint density at radius 3 is 2.64 bits per heavy atom. The molecule has 0 radical (unpaired) electrons. The van der Waals surface area contributed by atoms with E-state index in [0.29, 0.717) is 30.2 Å². The van der Waals surface area contributed by atoms with E-state index < -0.39 is 0 Å². The van der Waals surface area contributed by atoms with Crippen molar-refractivity contribution in [1.29, 1.82) is 0 Å². The Morgan fingerprint density at radius 1 is 1.18 bits per heavy atom. The third-order valence-corrected chi connectivity index (χ3v) is 5.69. The normalized spacial score (nSPS) is 20.4. The highest BCUT2D eigenvalue weighted by atomic mass is 16.2. The number of fused-ring (bicyclic) bond motifs is 1. The van der Waals surface area contributed by atoms with Crippen LogP contribution >= 0.6 is 0 Å². The van der Waals surface area contributed by atoms with Crippen LogP contribution in [0.4, 0.5) is 5.95 Å². The molecule has 2 aromatic heterocycles. The fourth-order valence-electron chi connectivity index (χ4n) is 4.09. The van der Waals surface area contributed by atoms with Gasteiger partial charge in [0, 0.05) is 38.9 Å². The lowest BCUT2D eigenvalue weighted by atomic mass is 10.0. The minimum atomic E-state index is -0.389. The maximum atomic E-state index is 13.0. The Morgan fingerprint density at radius 2 is 1.93 bits per heavy atom. The molecule has 0 spiro atoms. The summed E-state index contributed by atoms with van der Waals surface area (Å²) >= 11 is 0. The zero-order valence-corrected chi connectivity index (χ0v) is 16.4. The molecule has 9 heteroatoms. The summed E-state index contributed by atoms with van der Waals surface area (Å²) in [4.78, 5) is 32.2. The largest absolute Gasteiger partial charge is 0.399 e. The highest BCUT2D eigenvalue weighted by Crippen LogP contribution is 2.26. The maximum Gasteiger partial charge on any atom is 0.332 e. The van der Waals surface area contributed by atoms with Gasteiger partial charge in [0.2, 0.25) is 5.95 Å². The number of aromatic nitrogens is 4. The molecule has 1 aliphatic heterocycles. The number of anilines is 1. The molecule has 0 amide bonds. The van der Waals surface area contributed by atoms with Gasteiger partial charge >= 0.3 is 5.69 Å². The molecule has 9 nitrogen and oxygen atoms in total. The molecule has 150 valence electrons. The molecule has 2 aliphatic rings. The Kier molecular flexibility index (Phi) is 4.62. The van der Waals surface area contributed by atoms with Gasteiger partial charge in [-0.1, -0.05) is 12.2 Å². The lowest BCUT2D eigenvalue weighted by molar-refractivity contribution is 0.495. The van der Waals surface area contributed by atoms with Crippen LogP contribution in [-0.2, 0) is 20.6 Å². The van der Waals surface area contributed by atoms with E-state index in [-0.39, 0.29) is 17.3 Å². The first-order valence-electron chi connectivity index (χ1n) is 9.70. The molecule has 1 fully saturated rings. The van der Waals surface area contributed by atoms with Crippen LogP contribution in [0.1, 0.15) is 25.7 Å². The standard InChI is InChI=1S/C19H27N7O2/c1-23-16-15(17(27)24(2)19(23)28)26(10-12-6-3-4-8-14(12)21)18(22-16)25-9-5-7-13(20)11-25/h6,8,13H,3-5,7,9-11,20-21H2,1-2H3/t13-/m1/s1. The van der Waals surface area contributed by atoms with Gasteiger partial charge in [0.15, 0.2) is 11.2 Å². The molecule has 0 aromatic carbocycles. The maximum absolute atomic E-state index is 13.0. The summed E-state index contributed by atoms with van der Waals surface area (Å²) in [7, 11) is 3.13. The summed E-state index contributed by atoms with van der Waals surface area (Å²) in [6.07, 6.45) is 7.90. The lowest BCUT2D eigenvalue weighted by Crippen LogP contribution is -2.44. The quantitative estimate of drug-likeness (QED) is 0.763. The molecule has 2 aromatic rings. The van der Waals surface area contributed by atoms with E-state index in [4.69, 9.17) is 16.5 Å². The van der Waals surface area contributed by atoms with Gasteiger partial charge in [-0.05, 0) is 31.3 Å². The molecule has 1 aliphatic carbocycles. The summed E-state index contributed by atoms with van der Waals surface area (Å²) in [5, 5.41) is 0. The summed E-state index contributed by atoms with van der Waals surface area (Å²) in [5.41, 5.74) is 14.2. The SMILES string of the molecule is Cn1c(=O)c2c(nc(N3CCC[C@@H](N)C3)n2CC2=CCCC=C2N)n(C)c1=O. The number of rotatable bonds is 3. The molecule has 0 unspecified atom stereocenters. The second-order valence-corrected chi connectivity index (χ2v) is 7.69. The summed E-state index contributed by atoms with van der Waals surface area (Å²) in [6.45, 7) is 1.92. The topological polar surface area (TPSA) is 117 Å². The number of hydrogen-bond donors (Lipinski definition) is 2. The van der Waals surface area contributed by atoms with Crippen molar-refractivity contribution < 1.29 is 0 Å². The average molecular weight is 385 g/mol. The third kappa shape index (κ3) is 2.95. The van der Waals surface area contributed by atoms with Crippen molar-refractivity contribution in [3.05, 3.63) is 44.3 Å². The van der Waals surface area contributed by atoms with Gasteiger partial charge in [0.05, 0.1) is 6.54 Å². The zero-order valence-electron chi connectivity index (χ0n) is 16.4. The van der Waals surface area contributed by atoms with Crippen LogP contribution in [0.3, 0.4) is 0 Å². The van der Waals surface area contributed by atoms with Crippen LogP contribution in [0.25, 0.3) is 11.2 Å². The van der Waals surface area contributed by atoms with Crippen LogP contribution in [0.15, 0.2) is 33.0 Å². The number of nitrogens with two attached hydrogens (primary N) is 2. The van der Waals surface area contributed by atoms with Crippen LogP contribution in [0.5, 0.6) is 0 Å². The lowest BCUT2D eigenvalue weighted by Gasteiger charge is -2.32. The van der Waals surface area contributed by atoms with E-state index >= 15 is 0 Å². The van der Waals surface area contributed by atoms with Crippen LogP contribution < -0.4 is 27.6 Å². The second kappa shape index (κ2) is 6.97. The smallest absolute Gasteiger partial charge is 0.332 e. The molecule has 3 heterocycles. The molecule has 4 N–H and O–H groups in total. The van der Waals surface area contributed by atoms with Gasteiger partial charge in [0.25, 0.3) is 5.56 Å². The van der Waals surface area contributed by atoms with Gasteiger partial charge in [-0.25, -0.2) is 4.79 Å². The number of piperidine rings is 1. The van der Waals surface area contributed by atoms with E-state index in [1.165, 1.54) is 11.6 Å². The molecular formula is C19H27N7O2. The second-order valence-electron chi connectivity index (χ2n) is 7.69. The first-order valence-corrected chi connectivity index (χ1v) is 9.70. The van der Waals surface area contributed by atoms with Crippen LogP contribution in [0, 0.1) is 0 Å². The molecule has 28 heavy (non-hydrogen) atoms. The van der Waals surface area contributed by atoms with Crippen LogP contribution in [0.2, 0.25) is 0 Å². The Bertz CT molecular complexity index is 1100. The van der Waals surface area contributed by atoms with Crippen LogP contribution in [-0.4, -0.2) is 37.8 Å². The summed E-state index contributed by atoms with van der Waals surface area (Å²) in [6, 6.07) is 0.0625. The molecule has 0 bridgehead atoms. The number of hydrogen-bond acceptors (Lipinski definition) is 6. The van der Waals surface area contributed by atoms with Gasteiger partial charge in [0.1, 0.15) is 0 Å². The summed E-state index contributed by atoms with van der Waals surface area (Å²) < 4.78 is 4.45. The first kappa shape index (κ1) is 18.5. The van der Waals surface area contributed by atoms with E-state index in [1.54, 1.807) is 7.05 Å². The summed E-state index contributed by atoms with van der Waals surface area (Å²) in [5.74, 6) is 0.669.